The van der Waals surface area contributed by atoms with Crippen molar-refractivity contribution in [1.29, 1.82) is 5.26 Å². The fraction of sp³-hybridized carbons (Fsp3) is 0.190. The van der Waals surface area contributed by atoms with Gasteiger partial charge in [-0.15, -0.1) is 0 Å². The molecular weight excluding hydrogens is 388 g/mol. The molecule has 1 aliphatic heterocycles. The van der Waals surface area contributed by atoms with Crippen LogP contribution in [-0.4, -0.2) is 32.4 Å². The number of nitriles is 1. The van der Waals surface area contributed by atoms with Crippen LogP contribution in [-0.2, 0) is 16.1 Å². The molecule has 1 aromatic carbocycles. The van der Waals surface area contributed by atoms with E-state index in [0.29, 0.717) is 16.0 Å². The van der Waals surface area contributed by atoms with Crippen LogP contribution < -0.4 is 10.6 Å². The summed E-state index contributed by atoms with van der Waals surface area (Å²) in [5.41, 5.74) is 1.03. The lowest BCUT2D eigenvalue weighted by Gasteiger charge is -2.14. The number of carboxylic acids is 1. The Balaban J connectivity index is 2.15. The molecule has 3 rings (SSSR count). The van der Waals surface area contributed by atoms with Gasteiger partial charge in [0.1, 0.15) is 18.2 Å². The van der Waals surface area contributed by atoms with E-state index in [2.05, 4.69) is 5.10 Å². The number of carbonyl (C=O) groups is 2. The van der Waals surface area contributed by atoms with Crippen LogP contribution >= 0.6 is 0 Å². The van der Waals surface area contributed by atoms with E-state index in [1.54, 1.807) is 25.1 Å². The summed E-state index contributed by atoms with van der Waals surface area (Å²) >= 11 is 0. The molecule has 0 atom stereocenters. The SMILES string of the molecule is CC1=NN(c2ccc(C)cc2)C(=O)C1=Cc1c(C)c(C#N)c(=O)n(CC(=O)O)c1O. The van der Waals surface area contributed by atoms with E-state index >= 15 is 0 Å². The molecule has 1 amide bonds. The van der Waals surface area contributed by atoms with Crippen molar-refractivity contribution in [2.24, 2.45) is 5.10 Å². The number of aliphatic carboxylic acids is 1. The Hall–Kier alpha value is -4.19. The maximum atomic E-state index is 12.9. The molecule has 2 heterocycles. The number of hydrogen-bond donors (Lipinski definition) is 2. The average Bonchev–Trinajstić information content (AvgIpc) is 2.97. The highest BCUT2D eigenvalue weighted by Gasteiger charge is 2.30. The lowest BCUT2D eigenvalue weighted by molar-refractivity contribution is -0.137. The van der Waals surface area contributed by atoms with Crippen molar-refractivity contribution in [3.05, 3.63) is 62.4 Å². The molecule has 0 saturated carbocycles. The maximum Gasteiger partial charge on any atom is 0.323 e. The Bertz CT molecular complexity index is 1230. The number of hydrazone groups is 1. The number of rotatable bonds is 4. The molecule has 0 saturated heterocycles. The van der Waals surface area contributed by atoms with Crippen molar-refractivity contribution >= 4 is 29.4 Å². The molecule has 0 fully saturated rings. The summed E-state index contributed by atoms with van der Waals surface area (Å²) in [6, 6.07) is 8.91. The summed E-state index contributed by atoms with van der Waals surface area (Å²) in [5, 5.41) is 34.4. The zero-order valence-corrected chi connectivity index (χ0v) is 16.5. The van der Waals surface area contributed by atoms with Crippen molar-refractivity contribution in [1.82, 2.24) is 4.57 Å². The van der Waals surface area contributed by atoms with Gasteiger partial charge in [-0.3, -0.25) is 19.0 Å². The minimum Gasteiger partial charge on any atom is -0.494 e. The van der Waals surface area contributed by atoms with Gasteiger partial charge in [0.05, 0.1) is 17.0 Å². The van der Waals surface area contributed by atoms with Crippen LogP contribution in [0.5, 0.6) is 5.88 Å². The van der Waals surface area contributed by atoms with E-state index in [-0.39, 0.29) is 22.3 Å². The number of aromatic nitrogens is 1. The van der Waals surface area contributed by atoms with Gasteiger partial charge in [-0.25, -0.2) is 0 Å². The minimum absolute atomic E-state index is 0.0102. The number of benzene rings is 1. The van der Waals surface area contributed by atoms with Gasteiger partial charge in [0.15, 0.2) is 0 Å². The Morgan fingerprint density at radius 2 is 1.83 bits per heavy atom. The zero-order chi connectivity index (χ0) is 22.2. The van der Waals surface area contributed by atoms with Gasteiger partial charge in [-0.2, -0.15) is 15.4 Å². The topological polar surface area (TPSA) is 136 Å². The van der Waals surface area contributed by atoms with Crippen LogP contribution in [0.25, 0.3) is 6.08 Å². The fourth-order valence-corrected chi connectivity index (χ4v) is 3.12. The van der Waals surface area contributed by atoms with E-state index in [9.17, 15) is 24.8 Å². The van der Waals surface area contributed by atoms with Crippen molar-refractivity contribution < 1.29 is 19.8 Å². The third-order valence-corrected chi connectivity index (χ3v) is 4.77. The van der Waals surface area contributed by atoms with Crippen LogP contribution in [0.15, 0.2) is 39.7 Å². The second-order valence-electron chi connectivity index (χ2n) is 6.83. The summed E-state index contributed by atoms with van der Waals surface area (Å²) < 4.78 is 0.587. The second kappa shape index (κ2) is 7.67. The van der Waals surface area contributed by atoms with Gasteiger partial charge < -0.3 is 10.2 Å². The fourth-order valence-electron chi connectivity index (χ4n) is 3.12. The van der Waals surface area contributed by atoms with Crippen molar-refractivity contribution in [3.8, 4) is 11.9 Å². The van der Waals surface area contributed by atoms with E-state index in [1.807, 2.05) is 19.1 Å². The predicted molar refractivity (Wildman–Crippen MR) is 109 cm³/mol. The molecule has 9 nitrogen and oxygen atoms in total. The van der Waals surface area contributed by atoms with Gasteiger partial charge in [-0.1, -0.05) is 17.7 Å². The number of amides is 1. The molecule has 0 bridgehead atoms. The second-order valence-corrected chi connectivity index (χ2v) is 6.83. The van der Waals surface area contributed by atoms with Gasteiger partial charge in [0.2, 0.25) is 5.88 Å². The number of nitrogens with zero attached hydrogens (tertiary/aromatic N) is 4. The molecule has 30 heavy (non-hydrogen) atoms. The molecule has 0 spiro atoms. The van der Waals surface area contributed by atoms with Crippen LogP contribution in [0.2, 0.25) is 0 Å². The third kappa shape index (κ3) is 3.46. The molecule has 9 heteroatoms. The van der Waals surface area contributed by atoms with E-state index in [0.717, 1.165) is 5.56 Å². The number of hydrogen-bond acceptors (Lipinski definition) is 6. The van der Waals surface area contributed by atoms with Gasteiger partial charge in [0, 0.05) is 5.56 Å². The molecule has 2 N–H and O–H groups in total. The average molecular weight is 406 g/mol. The summed E-state index contributed by atoms with van der Waals surface area (Å²) in [6.07, 6.45) is 1.32. The number of carbonyl (C=O) groups excluding carboxylic acids is 1. The first-order chi connectivity index (χ1) is 14.1. The van der Waals surface area contributed by atoms with Gasteiger partial charge in [-0.05, 0) is 44.5 Å². The largest absolute Gasteiger partial charge is 0.494 e. The smallest absolute Gasteiger partial charge is 0.323 e. The lowest BCUT2D eigenvalue weighted by Crippen LogP contribution is -2.28. The van der Waals surface area contributed by atoms with E-state index < -0.39 is 29.9 Å². The minimum atomic E-state index is -1.36. The number of aromatic hydroxyl groups is 1. The summed E-state index contributed by atoms with van der Waals surface area (Å²) in [7, 11) is 0. The Morgan fingerprint density at radius 3 is 2.40 bits per heavy atom. The number of aryl methyl sites for hydroxylation is 1. The Morgan fingerprint density at radius 1 is 1.20 bits per heavy atom. The van der Waals surface area contributed by atoms with Crippen molar-refractivity contribution in [2.45, 2.75) is 27.3 Å². The number of carboxylic acid groups (broad SMARTS) is 1. The van der Waals surface area contributed by atoms with Crippen LogP contribution in [0.3, 0.4) is 0 Å². The Kier molecular flexibility index (Phi) is 5.26. The molecule has 1 aliphatic rings. The van der Waals surface area contributed by atoms with Crippen LogP contribution in [0, 0.1) is 25.2 Å². The zero-order valence-electron chi connectivity index (χ0n) is 16.5. The quantitative estimate of drug-likeness (QED) is 0.745. The van der Waals surface area contributed by atoms with Crippen LogP contribution in [0.1, 0.15) is 29.2 Å². The van der Waals surface area contributed by atoms with Crippen LogP contribution in [0.4, 0.5) is 5.69 Å². The predicted octanol–water partition coefficient (Wildman–Crippen LogP) is 1.93. The van der Waals surface area contributed by atoms with Gasteiger partial charge >= 0.3 is 5.97 Å². The van der Waals surface area contributed by atoms with Gasteiger partial charge in [0.25, 0.3) is 11.5 Å². The summed E-state index contributed by atoms with van der Waals surface area (Å²) in [5.74, 6) is -2.45. The first kappa shape index (κ1) is 20.5. The lowest BCUT2D eigenvalue weighted by atomic mass is 10.0. The molecule has 0 radical (unpaired) electrons. The molecule has 2 aromatic rings. The van der Waals surface area contributed by atoms with E-state index in [1.165, 1.54) is 18.0 Å². The highest BCUT2D eigenvalue weighted by Crippen LogP contribution is 2.29. The molecule has 0 unspecified atom stereocenters. The number of anilines is 1. The molecule has 1 aromatic heterocycles. The summed E-state index contributed by atoms with van der Waals surface area (Å²) in [4.78, 5) is 36.4. The van der Waals surface area contributed by atoms with Crippen molar-refractivity contribution in [3.63, 3.8) is 0 Å². The summed E-state index contributed by atoms with van der Waals surface area (Å²) in [6.45, 7) is 4.15. The number of pyridine rings is 1. The Labute approximate surface area is 171 Å². The monoisotopic (exact) mass is 406 g/mol. The molecule has 0 aliphatic carbocycles. The normalized spacial score (nSPS) is 14.7. The standard InChI is InChI=1S/C21H18N4O5/c1-11-4-6-14(7-5-11)25-21(30)16(13(3)23-25)8-15-12(2)17(9-22)20(29)24(19(15)28)10-18(26)27/h4-8,28H,10H2,1-3H3,(H,26,27). The maximum absolute atomic E-state index is 12.9. The first-order valence-electron chi connectivity index (χ1n) is 8.92. The highest BCUT2D eigenvalue weighted by atomic mass is 16.4. The first-order valence-corrected chi connectivity index (χ1v) is 8.92. The third-order valence-electron chi connectivity index (χ3n) is 4.77. The highest BCUT2D eigenvalue weighted by molar-refractivity contribution is 6.32. The van der Waals surface area contributed by atoms with Crippen molar-refractivity contribution in [2.75, 3.05) is 5.01 Å². The molecular formula is C21H18N4O5. The van der Waals surface area contributed by atoms with E-state index in [4.69, 9.17) is 5.11 Å². The molecule has 152 valence electrons.